The molecule has 4 rings (SSSR count). The Kier molecular flexibility index (Phi) is 5.86. The second kappa shape index (κ2) is 8.50. The Hall–Kier alpha value is -1.76. The molecule has 1 aromatic heterocycles. The molecule has 0 bridgehead atoms. The number of likely N-dealkylation sites (tertiary alicyclic amines) is 1. The minimum absolute atomic E-state index is 0.148. The van der Waals surface area contributed by atoms with Gasteiger partial charge in [-0.3, -0.25) is 14.6 Å². The quantitative estimate of drug-likeness (QED) is 0.787. The van der Waals surface area contributed by atoms with Gasteiger partial charge in [0.2, 0.25) is 5.91 Å². The second-order valence-corrected chi connectivity index (χ2v) is 8.37. The molecule has 0 aliphatic carbocycles. The number of rotatable bonds is 5. The Labute approximate surface area is 164 Å². The Balaban J connectivity index is 1.28. The van der Waals surface area contributed by atoms with Crippen molar-refractivity contribution in [1.29, 1.82) is 0 Å². The maximum Gasteiger partial charge on any atom is 0.236 e. The van der Waals surface area contributed by atoms with Gasteiger partial charge < -0.3 is 4.90 Å². The molecule has 2 fully saturated rings. The van der Waals surface area contributed by atoms with Crippen molar-refractivity contribution in [3.8, 4) is 0 Å². The van der Waals surface area contributed by atoms with Gasteiger partial charge in [0.15, 0.2) is 0 Å². The summed E-state index contributed by atoms with van der Waals surface area (Å²) in [5.74, 6) is 0.0775. The molecule has 144 valence electrons. The van der Waals surface area contributed by atoms with Crippen molar-refractivity contribution in [3.05, 3.63) is 58.0 Å². The third kappa shape index (κ3) is 4.39. The van der Waals surface area contributed by atoms with E-state index in [9.17, 15) is 9.18 Å². The van der Waals surface area contributed by atoms with E-state index in [2.05, 4.69) is 27.3 Å². The fourth-order valence-corrected chi connectivity index (χ4v) is 5.01. The fraction of sp³-hybridized carbons (Fsp3) is 0.476. The number of thiophene rings is 1. The molecule has 2 aromatic rings. The van der Waals surface area contributed by atoms with Crippen molar-refractivity contribution in [1.82, 2.24) is 14.7 Å². The minimum Gasteiger partial charge on any atom is -0.339 e. The Morgan fingerprint density at radius 2 is 1.89 bits per heavy atom. The Morgan fingerprint density at radius 1 is 1.07 bits per heavy atom. The zero-order valence-corrected chi connectivity index (χ0v) is 16.3. The molecule has 0 spiro atoms. The highest BCUT2D eigenvalue weighted by atomic mass is 32.1. The zero-order valence-electron chi connectivity index (χ0n) is 15.5. The normalized spacial score (nSPS) is 21.7. The summed E-state index contributed by atoms with van der Waals surface area (Å²) in [4.78, 5) is 20.7. The molecular formula is C21H26FN3OS. The summed E-state index contributed by atoms with van der Waals surface area (Å²) in [6.07, 6.45) is 2.30. The predicted octanol–water partition coefficient (Wildman–Crippen LogP) is 3.37. The predicted molar refractivity (Wildman–Crippen MR) is 106 cm³/mol. The van der Waals surface area contributed by atoms with Crippen LogP contribution in [0.3, 0.4) is 0 Å². The van der Waals surface area contributed by atoms with E-state index in [0.717, 1.165) is 51.1 Å². The maximum absolute atomic E-state index is 13.8. The van der Waals surface area contributed by atoms with Gasteiger partial charge >= 0.3 is 0 Å². The molecule has 2 saturated heterocycles. The van der Waals surface area contributed by atoms with Crippen LogP contribution >= 0.6 is 11.3 Å². The van der Waals surface area contributed by atoms with Crippen molar-refractivity contribution in [3.63, 3.8) is 0 Å². The lowest BCUT2D eigenvalue weighted by Gasteiger charge is -2.36. The van der Waals surface area contributed by atoms with Gasteiger partial charge in [0.05, 0.1) is 6.54 Å². The number of nitrogens with zero attached hydrogens (tertiary/aromatic N) is 3. The first-order valence-electron chi connectivity index (χ1n) is 9.72. The average molecular weight is 388 g/mol. The van der Waals surface area contributed by atoms with E-state index in [-0.39, 0.29) is 11.7 Å². The summed E-state index contributed by atoms with van der Waals surface area (Å²) < 4.78 is 13.8. The van der Waals surface area contributed by atoms with E-state index < -0.39 is 0 Å². The van der Waals surface area contributed by atoms with Crippen molar-refractivity contribution < 1.29 is 9.18 Å². The smallest absolute Gasteiger partial charge is 0.236 e. The van der Waals surface area contributed by atoms with Crippen molar-refractivity contribution in [2.24, 2.45) is 0 Å². The van der Waals surface area contributed by atoms with Crippen LogP contribution in [-0.2, 0) is 11.3 Å². The zero-order chi connectivity index (χ0) is 18.6. The number of hydrogen-bond acceptors (Lipinski definition) is 4. The lowest BCUT2D eigenvalue weighted by Crippen LogP contribution is -2.50. The van der Waals surface area contributed by atoms with Crippen LogP contribution < -0.4 is 0 Å². The van der Waals surface area contributed by atoms with Crippen LogP contribution in [0.2, 0.25) is 0 Å². The van der Waals surface area contributed by atoms with Gasteiger partial charge in [0.25, 0.3) is 0 Å². The number of halogens is 1. The summed E-state index contributed by atoms with van der Waals surface area (Å²) in [6, 6.07) is 11.6. The number of carbonyl (C=O) groups excluding carboxylic acids is 1. The molecule has 0 unspecified atom stereocenters. The number of piperazine rings is 1. The molecular weight excluding hydrogens is 361 g/mol. The van der Waals surface area contributed by atoms with E-state index >= 15 is 0 Å². The van der Waals surface area contributed by atoms with E-state index in [1.165, 1.54) is 10.9 Å². The molecule has 27 heavy (non-hydrogen) atoms. The Bertz CT molecular complexity index is 759. The van der Waals surface area contributed by atoms with Gasteiger partial charge in [0.1, 0.15) is 5.82 Å². The van der Waals surface area contributed by atoms with Gasteiger partial charge in [-0.15, -0.1) is 11.3 Å². The lowest BCUT2D eigenvalue weighted by atomic mass is 10.1. The molecule has 2 aliphatic rings. The molecule has 3 heterocycles. The molecule has 0 saturated carbocycles. The molecule has 0 N–H and O–H groups in total. The molecule has 1 atom stereocenters. The van der Waals surface area contributed by atoms with Crippen LogP contribution in [0.5, 0.6) is 0 Å². The van der Waals surface area contributed by atoms with Gasteiger partial charge in [-0.25, -0.2) is 4.39 Å². The molecule has 1 aromatic carbocycles. The lowest BCUT2D eigenvalue weighted by molar-refractivity contribution is -0.134. The van der Waals surface area contributed by atoms with E-state index in [4.69, 9.17) is 0 Å². The van der Waals surface area contributed by atoms with Crippen molar-refractivity contribution >= 4 is 17.2 Å². The third-order valence-corrected chi connectivity index (χ3v) is 6.62. The van der Waals surface area contributed by atoms with Crippen LogP contribution in [0.4, 0.5) is 4.39 Å². The van der Waals surface area contributed by atoms with Crippen LogP contribution in [0.25, 0.3) is 0 Å². The fourth-order valence-electron chi connectivity index (χ4n) is 4.12. The SMILES string of the molecule is O=C(CN1CCC[C@H]1c1cccs1)N1CCN(Cc2ccccc2F)CC1. The standard InChI is InChI=1S/C21H26FN3OS/c22-18-6-2-1-5-17(18)15-23-10-12-24(13-11-23)21(26)16-25-9-3-7-19(25)20-8-4-14-27-20/h1-2,4-6,8,14,19H,3,7,9-13,15-16H2/t19-/m0/s1. The minimum atomic E-state index is -0.148. The summed E-state index contributed by atoms with van der Waals surface area (Å²) in [6.45, 7) is 5.18. The highest BCUT2D eigenvalue weighted by Gasteiger charge is 2.30. The summed E-state index contributed by atoms with van der Waals surface area (Å²) in [7, 11) is 0. The van der Waals surface area contributed by atoms with Gasteiger partial charge in [-0.1, -0.05) is 24.3 Å². The van der Waals surface area contributed by atoms with Gasteiger partial charge in [-0.05, 0) is 36.9 Å². The topological polar surface area (TPSA) is 26.8 Å². The maximum atomic E-state index is 13.8. The summed E-state index contributed by atoms with van der Waals surface area (Å²) in [5, 5.41) is 2.11. The molecule has 0 radical (unpaired) electrons. The number of hydrogen-bond donors (Lipinski definition) is 0. The first-order chi connectivity index (χ1) is 13.2. The first-order valence-corrected chi connectivity index (χ1v) is 10.6. The number of carbonyl (C=O) groups is 1. The van der Waals surface area contributed by atoms with Crippen LogP contribution in [0.15, 0.2) is 41.8 Å². The highest BCUT2D eigenvalue weighted by molar-refractivity contribution is 7.10. The van der Waals surface area contributed by atoms with Crippen molar-refractivity contribution in [2.45, 2.75) is 25.4 Å². The Morgan fingerprint density at radius 3 is 2.63 bits per heavy atom. The van der Waals surface area contributed by atoms with Gasteiger partial charge in [-0.2, -0.15) is 0 Å². The summed E-state index contributed by atoms with van der Waals surface area (Å²) in [5.41, 5.74) is 0.730. The number of benzene rings is 1. The van der Waals surface area contributed by atoms with Crippen molar-refractivity contribution in [2.75, 3.05) is 39.3 Å². The summed E-state index contributed by atoms with van der Waals surface area (Å²) >= 11 is 1.79. The molecule has 1 amide bonds. The molecule has 4 nitrogen and oxygen atoms in total. The van der Waals surface area contributed by atoms with Gasteiger partial charge in [0, 0.05) is 49.2 Å². The third-order valence-electron chi connectivity index (χ3n) is 5.65. The van der Waals surface area contributed by atoms with Crippen LogP contribution in [-0.4, -0.2) is 59.9 Å². The molecule has 2 aliphatic heterocycles. The van der Waals surface area contributed by atoms with Crippen LogP contribution in [0.1, 0.15) is 29.3 Å². The van der Waals surface area contributed by atoms with E-state index in [0.29, 0.717) is 19.1 Å². The molecule has 6 heteroatoms. The highest BCUT2D eigenvalue weighted by Crippen LogP contribution is 2.34. The second-order valence-electron chi connectivity index (χ2n) is 7.39. The number of amides is 1. The van der Waals surface area contributed by atoms with Crippen LogP contribution in [0, 0.1) is 5.82 Å². The van der Waals surface area contributed by atoms with E-state index in [1.807, 2.05) is 17.0 Å². The average Bonchev–Trinajstić information content (AvgIpc) is 3.35. The monoisotopic (exact) mass is 387 g/mol. The largest absolute Gasteiger partial charge is 0.339 e. The van der Waals surface area contributed by atoms with E-state index in [1.54, 1.807) is 17.4 Å². The first kappa shape index (κ1) is 18.6.